The zero-order valence-electron chi connectivity index (χ0n) is 9.53. The van der Waals surface area contributed by atoms with E-state index in [1.807, 2.05) is 24.3 Å². The lowest BCUT2D eigenvalue weighted by molar-refractivity contribution is -0.115. The SMILES string of the molecule is N#CCc1ncc(-c2ccc3c(c2)CC(=O)N3)[nH]1. The summed E-state index contributed by atoms with van der Waals surface area (Å²) in [4.78, 5) is 18.5. The Bertz CT molecular complexity index is 666. The number of carbonyl (C=O) groups excluding carboxylic acids is 1. The fraction of sp³-hybridized carbons (Fsp3) is 0.154. The van der Waals surface area contributed by atoms with E-state index in [2.05, 4.69) is 15.3 Å². The number of fused-ring (bicyclic) bond motifs is 1. The van der Waals surface area contributed by atoms with Gasteiger partial charge in [-0.25, -0.2) is 4.98 Å². The third-order valence-electron chi connectivity index (χ3n) is 2.92. The van der Waals surface area contributed by atoms with Crippen molar-refractivity contribution in [1.29, 1.82) is 5.26 Å². The fourth-order valence-corrected chi connectivity index (χ4v) is 2.07. The number of nitriles is 1. The Morgan fingerprint density at radius 1 is 1.44 bits per heavy atom. The van der Waals surface area contributed by atoms with E-state index in [1.165, 1.54) is 0 Å². The van der Waals surface area contributed by atoms with Gasteiger partial charge < -0.3 is 10.3 Å². The molecule has 18 heavy (non-hydrogen) atoms. The number of H-pyrrole nitrogens is 1. The summed E-state index contributed by atoms with van der Waals surface area (Å²) in [6.07, 6.45) is 2.39. The Morgan fingerprint density at radius 2 is 2.33 bits per heavy atom. The summed E-state index contributed by atoms with van der Waals surface area (Å²) >= 11 is 0. The number of carbonyl (C=O) groups is 1. The van der Waals surface area contributed by atoms with E-state index < -0.39 is 0 Å². The predicted molar refractivity (Wildman–Crippen MR) is 65.7 cm³/mol. The number of imidazole rings is 1. The van der Waals surface area contributed by atoms with E-state index in [1.54, 1.807) is 6.20 Å². The normalized spacial score (nSPS) is 12.9. The van der Waals surface area contributed by atoms with Crippen molar-refractivity contribution in [3.05, 3.63) is 35.8 Å². The topological polar surface area (TPSA) is 81.6 Å². The first-order valence-corrected chi connectivity index (χ1v) is 5.60. The Balaban J connectivity index is 1.95. The maximum Gasteiger partial charge on any atom is 0.228 e. The third kappa shape index (κ3) is 1.74. The van der Waals surface area contributed by atoms with E-state index in [0.29, 0.717) is 12.2 Å². The first kappa shape index (κ1) is 10.5. The monoisotopic (exact) mass is 238 g/mol. The van der Waals surface area contributed by atoms with Crippen molar-refractivity contribution in [2.75, 3.05) is 5.32 Å². The van der Waals surface area contributed by atoms with E-state index in [-0.39, 0.29) is 12.3 Å². The van der Waals surface area contributed by atoms with Gasteiger partial charge in [-0.2, -0.15) is 5.26 Å². The first-order chi connectivity index (χ1) is 8.76. The van der Waals surface area contributed by atoms with Crippen LogP contribution >= 0.6 is 0 Å². The van der Waals surface area contributed by atoms with Crippen LogP contribution in [0, 0.1) is 11.3 Å². The fourth-order valence-electron chi connectivity index (χ4n) is 2.07. The second-order valence-corrected chi connectivity index (χ2v) is 4.18. The van der Waals surface area contributed by atoms with E-state index >= 15 is 0 Å². The van der Waals surface area contributed by atoms with Gasteiger partial charge in [0.25, 0.3) is 0 Å². The molecule has 1 amide bonds. The molecule has 1 aromatic heterocycles. The summed E-state index contributed by atoms with van der Waals surface area (Å²) in [5.74, 6) is 0.680. The molecule has 2 N–H and O–H groups in total. The van der Waals surface area contributed by atoms with Crippen molar-refractivity contribution in [2.45, 2.75) is 12.8 Å². The van der Waals surface area contributed by atoms with Crippen LogP contribution in [0.3, 0.4) is 0 Å². The van der Waals surface area contributed by atoms with Gasteiger partial charge >= 0.3 is 0 Å². The lowest BCUT2D eigenvalue weighted by atomic mass is 10.1. The average molecular weight is 238 g/mol. The standard InChI is InChI=1S/C13H10N4O/c14-4-3-12-15-7-11(16-12)8-1-2-10-9(5-8)6-13(18)17-10/h1-2,5,7H,3,6H2,(H,15,16)(H,17,18). The highest BCUT2D eigenvalue weighted by molar-refractivity contribution is 5.99. The van der Waals surface area contributed by atoms with E-state index in [9.17, 15) is 4.79 Å². The molecule has 0 radical (unpaired) electrons. The second kappa shape index (κ2) is 4.00. The summed E-state index contributed by atoms with van der Waals surface area (Å²) in [5.41, 5.74) is 3.71. The number of aromatic nitrogens is 2. The Kier molecular flexibility index (Phi) is 2.34. The molecule has 0 atom stereocenters. The number of hydrogen-bond acceptors (Lipinski definition) is 3. The molecule has 1 aliphatic heterocycles. The van der Waals surface area contributed by atoms with Crippen molar-refractivity contribution in [1.82, 2.24) is 9.97 Å². The smallest absolute Gasteiger partial charge is 0.228 e. The van der Waals surface area contributed by atoms with Gasteiger partial charge in [-0.05, 0) is 23.3 Å². The molecule has 0 aliphatic carbocycles. The number of aromatic amines is 1. The van der Waals surface area contributed by atoms with E-state index in [0.717, 1.165) is 22.5 Å². The maximum atomic E-state index is 11.3. The largest absolute Gasteiger partial charge is 0.341 e. The Labute approximate surface area is 103 Å². The molecule has 2 heterocycles. The van der Waals surface area contributed by atoms with Gasteiger partial charge in [0.1, 0.15) is 5.82 Å². The Morgan fingerprint density at radius 3 is 3.17 bits per heavy atom. The molecule has 0 bridgehead atoms. The number of amides is 1. The van der Waals surface area contributed by atoms with Gasteiger partial charge in [-0.1, -0.05) is 6.07 Å². The summed E-state index contributed by atoms with van der Waals surface area (Å²) in [6, 6.07) is 7.83. The van der Waals surface area contributed by atoms with Crippen molar-refractivity contribution < 1.29 is 4.79 Å². The predicted octanol–water partition coefficient (Wildman–Crippen LogP) is 1.64. The minimum absolute atomic E-state index is 0.0249. The summed E-state index contributed by atoms with van der Waals surface area (Å²) < 4.78 is 0. The van der Waals surface area contributed by atoms with Crippen LogP contribution in [0.5, 0.6) is 0 Å². The molecule has 0 spiro atoms. The zero-order chi connectivity index (χ0) is 12.5. The quantitative estimate of drug-likeness (QED) is 0.834. The van der Waals surface area contributed by atoms with Gasteiger partial charge in [0.2, 0.25) is 5.91 Å². The Hall–Kier alpha value is -2.61. The zero-order valence-corrected chi connectivity index (χ0v) is 9.53. The third-order valence-corrected chi connectivity index (χ3v) is 2.92. The highest BCUT2D eigenvalue weighted by atomic mass is 16.1. The van der Waals surface area contributed by atoms with Crippen LogP contribution in [0.4, 0.5) is 5.69 Å². The highest BCUT2D eigenvalue weighted by Crippen LogP contribution is 2.28. The molecule has 0 fully saturated rings. The molecular weight excluding hydrogens is 228 g/mol. The van der Waals surface area contributed by atoms with Crippen LogP contribution in [0.25, 0.3) is 11.3 Å². The molecule has 0 unspecified atom stereocenters. The van der Waals surface area contributed by atoms with Gasteiger partial charge in [-0.15, -0.1) is 0 Å². The molecule has 2 aromatic rings. The molecule has 3 rings (SSSR count). The first-order valence-electron chi connectivity index (χ1n) is 5.60. The van der Waals surface area contributed by atoms with Crippen LogP contribution in [0.1, 0.15) is 11.4 Å². The van der Waals surface area contributed by atoms with E-state index in [4.69, 9.17) is 5.26 Å². The minimum atomic E-state index is 0.0249. The van der Waals surface area contributed by atoms with Crippen molar-refractivity contribution in [3.8, 4) is 17.3 Å². The van der Waals surface area contributed by atoms with Gasteiger partial charge in [0.05, 0.1) is 30.8 Å². The number of nitrogens with zero attached hydrogens (tertiary/aromatic N) is 2. The van der Waals surface area contributed by atoms with Crippen LogP contribution < -0.4 is 5.32 Å². The van der Waals surface area contributed by atoms with Crippen molar-refractivity contribution in [2.24, 2.45) is 0 Å². The highest BCUT2D eigenvalue weighted by Gasteiger charge is 2.18. The van der Waals surface area contributed by atoms with Crippen LogP contribution in [-0.2, 0) is 17.6 Å². The molecule has 1 aliphatic rings. The van der Waals surface area contributed by atoms with Crippen molar-refractivity contribution >= 4 is 11.6 Å². The molecule has 88 valence electrons. The van der Waals surface area contributed by atoms with Crippen LogP contribution in [-0.4, -0.2) is 15.9 Å². The maximum absolute atomic E-state index is 11.3. The van der Waals surface area contributed by atoms with Crippen molar-refractivity contribution in [3.63, 3.8) is 0 Å². The number of benzene rings is 1. The lowest BCUT2D eigenvalue weighted by Crippen LogP contribution is -2.03. The van der Waals surface area contributed by atoms with Crippen LogP contribution in [0.2, 0.25) is 0 Å². The number of anilines is 1. The van der Waals surface area contributed by atoms with Crippen LogP contribution in [0.15, 0.2) is 24.4 Å². The second-order valence-electron chi connectivity index (χ2n) is 4.18. The lowest BCUT2D eigenvalue weighted by Gasteiger charge is -2.01. The molecule has 0 saturated heterocycles. The van der Waals surface area contributed by atoms with Gasteiger partial charge in [-0.3, -0.25) is 4.79 Å². The number of rotatable bonds is 2. The molecule has 1 aromatic carbocycles. The molecular formula is C13H10N4O. The summed E-state index contributed by atoms with van der Waals surface area (Å²) in [7, 11) is 0. The van der Waals surface area contributed by atoms with Gasteiger partial charge in [0, 0.05) is 5.69 Å². The summed E-state index contributed by atoms with van der Waals surface area (Å²) in [6.45, 7) is 0. The molecule has 0 saturated carbocycles. The van der Waals surface area contributed by atoms with Gasteiger partial charge in [0.15, 0.2) is 0 Å². The average Bonchev–Trinajstić information content (AvgIpc) is 2.93. The minimum Gasteiger partial charge on any atom is -0.341 e. The molecule has 5 nitrogen and oxygen atoms in total. The number of nitrogens with one attached hydrogen (secondary N) is 2. The summed E-state index contributed by atoms with van der Waals surface area (Å²) in [5, 5.41) is 11.4. The molecule has 5 heteroatoms. The number of hydrogen-bond donors (Lipinski definition) is 2.